The Kier molecular flexibility index (Phi) is 22.0. The minimum absolute atomic E-state index is 0.000842. The molecule has 376 valence electrons. The van der Waals surface area contributed by atoms with Crippen molar-refractivity contribution < 1.29 is 62.6 Å². The third-order valence-electron chi connectivity index (χ3n) is 10.7. The Morgan fingerprint density at radius 3 is 2.04 bits per heavy atom. The van der Waals surface area contributed by atoms with Gasteiger partial charge in [0.25, 0.3) is 0 Å². The zero-order valence-electron chi connectivity index (χ0n) is 38.3. The number of benzene rings is 1. The van der Waals surface area contributed by atoms with Crippen molar-refractivity contribution in [3.05, 3.63) is 52.2 Å². The summed E-state index contributed by atoms with van der Waals surface area (Å²) in [6.07, 6.45) is -2.61. The van der Waals surface area contributed by atoms with Crippen LogP contribution in [0.2, 0.25) is 0 Å². The van der Waals surface area contributed by atoms with E-state index in [-0.39, 0.29) is 18.6 Å². The molecule has 1 fully saturated rings. The minimum atomic E-state index is -1.85. The number of nitrogens with zero attached hydrogens (tertiary/aromatic N) is 1. The molecular weight excluding hydrogens is 925 g/mol. The van der Waals surface area contributed by atoms with Gasteiger partial charge in [-0.25, -0.2) is 0 Å². The van der Waals surface area contributed by atoms with Crippen LogP contribution in [0.25, 0.3) is 0 Å². The lowest BCUT2D eigenvalue weighted by Gasteiger charge is -2.29. The van der Waals surface area contributed by atoms with Gasteiger partial charge in [-0.2, -0.15) is 0 Å². The third kappa shape index (κ3) is 19.2. The van der Waals surface area contributed by atoms with Crippen molar-refractivity contribution in [2.75, 3.05) is 26.7 Å². The first-order valence-electron chi connectivity index (χ1n) is 21.8. The highest BCUT2D eigenvalue weighted by Gasteiger charge is 2.36. The average molecular weight is 985 g/mol. The van der Waals surface area contributed by atoms with Crippen LogP contribution in [0.3, 0.4) is 0 Å². The van der Waals surface area contributed by atoms with Gasteiger partial charge in [0.05, 0.1) is 19.5 Å². The molecule has 1 saturated heterocycles. The number of carbonyl (C=O) groups excluding carboxylic acids is 12. The number of aromatic hydroxyl groups is 1. The Bertz CT molecular complexity index is 2210. The van der Waals surface area contributed by atoms with Crippen molar-refractivity contribution in [1.82, 2.24) is 47.4 Å². The average Bonchev–Trinajstić information content (AvgIpc) is 3.81. The fourth-order valence-electron chi connectivity index (χ4n) is 6.74. The Morgan fingerprint density at radius 1 is 0.797 bits per heavy atom. The molecule has 1 aromatic carbocycles. The maximum Gasteiger partial charge on any atom is 0.247 e. The normalized spacial score (nSPS) is 20.7. The smallest absolute Gasteiger partial charge is 0.247 e. The summed E-state index contributed by atoms with van der Waals surface area (Å²) in [5.74, 6) is -11.8. The molecule has 69 heavy (non-hydrogen) atoms. The highest BCUT2D eigenvalue weighted by Crippen LogP contribution is 2.15. The van der Waals surface area contributed by atoms with Crippen molar-refractivity contribution in [2.24, 2.45) is 23.1 Å². The largest absolute Gasteiger partial charge is 0.508 e. The zero-order chi connectivity index (χ0) is 51.4. The summed E-state index contributed by atoms with van der Waals surface area (Å²) in [4.78, 5) is 160. The molecule has 0 bridgehead atoms. The maximum absolute atomic E-state index is 14.0. The number of thiophene rings is 1. The Balaban J connectivity index is 2.00. The number of amides is 12. The predicted octanol–water partition coefficient (Wildman–Crippen LogP) is -4.70. The molecule has 2 heterocycles. The van der Waals surface area contributed by atoms with Crippen LogP contribution in [0.1, 0.15) is 62.8 Å². The zero-order valence-corrected chi connectivity index (χ0v) is 39.1. The van der Waals surface area contributed by atoms with Gasteiger partial charge < -0.3 is 69.7 Å². The molecule has 1 aromatic heterocycles. The SMILES string of the molecule is CC[C@H](C)[C@@H]1NC(=O)[C@H](Cc2ccc(O)cc2)NC(=O)CCC(=O)NC[C@@H](C(=O)N(C)CC(=O)N[C@@H](Cc2cccs2)C(=O)NCC(N)=O)NC(=O)[C@H](CC(N)=O)NC(=O)[C@H](CCC(N)=O)NC1=O. The molecule has 25 nitrogen and oxygen atoms in total. The number of carbonyl (C=O) groups is 12. The summed E-state index contributed by atoms with van der Waals surface area (Å²) in [7, 11) is 1.16. The second kappa shape index (κ2) is 27.2. The van der Waals surface area contributed by atoms with Gasteiger partial charge in [0.2, 0.25) is 70.9 Å². The topological polar surface area (TPSA) is 403 Å². The summed E-state index contributed by atoms with van der Waals surface area (Å²) in [6, 6.07) is -0.00878. The van der Waals surface area contributed by atoms with Gasteiger partial charge in [-0.05, 0) is 41.5 Å². The Hall–Kier alpha value is -7.64. The number of rotatable bonds is 18. The van der Waals surface area contributed by atoms with E-state index in [0.717, 1.165) is 11.9 Å². The summed E-state index contributed by atoms with van der Waals surface area (Å²) < 4.78 is 0. The summed E-state index contributed by atoms with van der Waals surface area (Å²) in [5.41, 5.74) is 16.5. The highest BCUT2D eigenvalue weighted by molar-refractivity contribution is 7.09. The number of primary amides is 3. The number of hydrogen-bond donors (Lipinski definition) is 12. The first-order chi connectivity index (χ1) is 32.6. The van der Waals surface area contributed by atoms with Crippen molar-refractivity contribution in [1.29, 1.82) is 0 Å². The van der Waals surface area contributed by atoms with Gasteiger partial charge >= 0.3 is 0 Å². The molecule has 12 amide bonds. The molecule has 0 radical (unpaired) electrons. The molecule has 1 aliphatic heterocycles. The molecule has 26 heteroatoms. The van der Waals surface area contributed by atoms with E-state index >= 15 is 0 Å². The second-order valence-corrected chi connectivity index (χ2v) is 17.3. The van der Waals surface area contributed by atoms with Crippen LogP contribution >= 0.6 is 11.3 Å². The summed E-state index contributed by atoms with van der Waals surface area (Å²) in [6.45, 7) is 1.39. The molecule has 0 unspecified atom stereocenters. The quantitative estimate of drug-likeness (QED) is 0.0669. The molecule has 0 spiro atoms. The Morgan fingerprint density at radius 2 is 1.43 bits per heavy atom. The maximum atomic E-state index is 14.0. The van der Waals surface area contributed by atoms with Crippen LogP contribution in [0.4, 0.5) is 0 Å². The van der Waals surface area contributed by atoms with E-state index in [1.54, 1.807) is 31.4 Å². The van der Waals surface area contributed by atoms with Crippen LogP contribution < -0.4 is 59.7 Å². The molecule has 0 aliphatic carbocycles. The van der Waals surface area contributed by atoms with Crippen molar-refractivity contribution in [3.8, 4) is 5.75 Å². The van der Waals surface area contributed by atoms with Crippen LogP contribution in [-0.2, 0) is 70.4 Å². The molecule has 2 aromatic rings. The number of nitrogens with one attached hydrogen (secondary N) is 8. The fraction of sp³-hybridized carbons (Fsp3) is 0.488. The van der Waals surface area contributed by atoms with Crippen LogP contribution in [0.15, 0.2) is 41.8 Å². The van der Waals surface area contributed by atoms with Gasteiger partial charge in [0, 0.05) is 50.6 Å². The van der Waals surface area contributed by atoms with E-state index in [9.17, 15) is 62.6 Å². The number of likely N-dealkylation sites (N-methyl/N-ethyl adjacent to an activating group) is 1. The molecular formula is C43H60N12O13S. The lowest BCUT2D eigenvalue weighted by atomic mass is 9.96. The fourth-order valence-corrected chi connectivity index (χ4v) is 7.49. The molecule has 0 saturated carbocycles. The van der Waals surface area contributed by atoms with Crippen molar-refractivity contribution >= 4 is 82.2 Å². The van der Waals surface area contributed by atoms with Crippen molar-refractivity contribution in [3.63, 3.8) is 0 Å². The van der Waals surface area contributed by atoms with E-state index in [0.29, 0.717) is 16.9 Å². The number of nitrogens with two attached hydrogens (primary N) is 3. The Labute approximate surface area is 400 Å². The second-order valence-electron chi connectivity index (χ2n) is 16.3. The minimum Gasteiger partial charge on any atom is -0.508 e. The van der Waals surface area contributed by atoms with Gasteiger partial charge in [0.15, 0.2) is 0 Å². The third-order valence-corrected chi connectivity index (χ3v) is 11.6. The van der Waals surface area contributed by atoms with Crippen LogP contribution in [-0.4, -0.2) is 144 Å². The molecule has 15 N–H and O–H groups in total. The van der Waals surface area contributed by atoms with Crippen molar-refractivity contribution in [2.45, 2.75) is 101 Å². The van der Waals surface area contributed by atoms with Gasteiger partial charge in [0.1, 0.15) is 42.0 Å². The molecule has 3 rings (SSSR count). The molecule has 1 aliphatic rings. The lowest BCUT2D eigenvalue weighted by Crippen LogP contribution is -2.61. The van der Waals surface area contributed by atoms with Gasteiger partial charge in [-0.3, -0.25) is 57.5 Å². The van der Waals surface area contributed by atoms with E-state index < -0.39 is 165 Å². The standard InChI is InChI=1S/C43H60N12O13S/c1-4-22(2)37-42(67)51-26(11-12-31(44)57)39(64)52-29(18-32(45)58)40(65)53-30(19-47-34(60)13-14-35(61)49-27(41(66)54-37)16-23-7-9-24(56)10-8-23)43(68)55(3)21-36(62)50-28(17-25-6-5-15-69-25)38(63)48-20-33(46)59/h5-10,15,22,26-30,37,56H,4,11-14,16-21H2,1-3H3,(H2,44,57)(H2,45,58)(H2,46,59)(H,47,60)(H,48,63)(H,49,61)(H,50,62)(H,51,67)(H,52,64)(H,53,65)(H,54,66)/t22-,26-,27-,28-,29-,30-,37-/m0/s1. The number of hydrogen-bond acceptors (Lipinski definition) is 14. The lowest BCUT2D eigenvalue weighted by molar-refractivity contribution is -0.140. The first kappa shape index (κ1) is 55.7. The van der Waals surface area contributed by atoms with Gasteiger partial charge in [-0.1, -0.05) is 38.5 Å². The van der Waals surface area contributed by atoms with Gasteiger partial charge in [-0.15, -0.1) is 11.3 Å². The summed E-state index contributed by atoms with van der Waals surface area (Å²) >= 11 is 1.29. The predicted molar refractivity (Wildman–Crippen MR) is 245 cm³/mol. The van der Waals surface area contributed by atoms with E-state index in [1.807, 2.05) is 0 Å². The first-order valence-corrected chi connectivity index (χ1v) is 22.7. The van der Waals surface area contributed by atoms with E-state index in [4.69, 9.17) is 17.2 Å². The molecule has 7 atom stereocenters. The van der Waals surface area contributed by atoms with E-state index in [2.05, 4.69) is 42.5 Å². The van der Waals surface area contributed by atoms with Crippen LogP contribution in [0.5, 0.6) is 5.75 Å². The van der Waals surface area contributed by atoms with E-state index in [1.165, 1.54) is 35.6 Å². The summed E-state index contributed by atoms with van der Waals surface area (Å²) in [5, 5.41) is 31.1. The van der Waals surface area contributed by atoms with Crippen LogP contribution in [0, 0.1) is 5.92 Å². The number of phenols is 1. The monoisotopic (exact) mass is 984 g/mol. The highest BCUT2D eigenvalue weighted by atomic mass is 32.1. The number of phenolic OH excluding ortho intramolecular Hbond substituents is 1.